The highest BCUT2D eigenvalue weighted by Crippen LogP contribution is 2.39. The van der Waals surface area contributed by atoms with Gasteiger partial charge in [-0.15, -0.1) is 0 Å². The SMILES string of the molecule is CCCNCC(c1cccc(C)c1)C1CCC1. The quantitative estimate of drug-likeness (QED) is 0.733. The highest BCUT2D eigenvalue weighted by atomic mass is 14.9. The lowest BCUT2D eigenvalue weighted by Gasteiger charge is -2.34. The molecule has 1 fully saturated rings. The first-order valence-electron chi connectivity index (χ1n) is 7.08. The zero-order valence-electron chi connectivity index (χ0n) is 11.2. The fraction of sp³-hybridized carbons (Fsp3) is 0.625. The molecule has 0 radical (unpaired) electrons. The summed E-state index contributed by atoms with van der Waals surface area (Å²) < 4.78 is 0. The topological polar surface area (TPSA) is 12.0 Å². The fourth-order valence-corrected chi connectivity index (χ4v) is 2.73. The van der Waals surface area contributed by atoms with Crippen molar-refractivity contribution in [2.75, 3.05) is 13.1 Å². The maximum absolute atomic E-state index is 3.60. The van der Waals surface area contributed by atoms with E-state index < -0.39 is 0 Å². The molecule has 1 saturated carbocycles. The van der Waals surface area contributed by atoms with Gasteiger partial charge in [0.1, 0.15) is 0 Å². The smallest absolute Gasteiger partial charge is 0.00228 e. The molecule has 17 heavy (non-hydrogen) atoms. The van der Waals surface area contributed by atoms with Gasteiger partial charge in [-0.05, 0) is 50.1 Å². The summed E-state index contributed by atoms with van der Waals surface area (Å²) in [6.07, 6.45) is 5.50. The zero-order valence-corrected chi connectivity index (χ0v) is 11.2. The van der Waals surface area contributed by atoms with Crippen LogP contribution in [0.25, 0.3) is 0 Å². The van der Waals surface area contributed by atoms with E-state index in [0.717, 1.165) is 24.9 Å². The Morgan fingerprint density at radius 3 is 2.76 bits per heavy atom. The Labute approximate surface area is 106 Å². The Hall–Kier alpha value is -0.820. The van der Waals surface area contributed by atoms with Crippen LogP contribution in [0.5, 0.6) is 0 Å². The van der Waals surface area contributed by atoms with Crippen LogP contribution in [-0.2, 0) is 0 Å². The molecule has 0 saturated heterocycles. The average Bonchev–Trinajstić information content (AvgIpc) is 2.25. The van der Waals surface area contributed by atoms with Gasteiger partial charge >= 0.3 is 0 Å². The van der Waals surface area contributed by atoms with Gasteiger partial charge in [0, 0.05) is 6.54 Å². The van der Waals surface area contributed by atoms with Crippen LogP contribution in [0.15, 0.2) is 24.3 Å². The molecule has 0 heterocycles. The molecule has 1 aliphatic carbocycles. The van der Waals surface area contributed by atoms with Crippen molar-refractivity contribution in [2.24, 2.45) is 5.92 Å². The van der Waals surface area contributed by atoms with Crippen LogP contribution >= 0.6 is 0 Å². The third-order valence-electron chi connectivity index (χ3n) is 3.98. The molecule has 1 nitrogen and oxygen atoms in total. The highest BCUT2D eigenvalue weighted by Gasteiger charge is 2.27. The second kappa shape index (κ2) is 6.20. The predicted octanol–water partition coefficient (Wildman–Crippen LogP) is 3.88. The Bertz CT molecular complexity index is 341. The monoisotopic (exact) mass is 231 g/mol. The van der Waals surface area contributed by atoms with Crippen LogP contribution in [0, 0.1) is 12.8 Å². The van der Waals surface area contributed by atoms with Crippen molar-refractivity contribution in [2.45, 2.75) is 45.4 Å². The van der Waals surface area contributed by atoms with Gasteiger partial charge in [0.2, 0.25) is 0 Å². The summed E-state index contributed by atoms with van der Waals surface area (Å²) in [5, 5.41) is 3.60. The third-order valence-corrected chi connectivity index (χ3v) is 3.98. The molecule has 1 unspecified atom stereocenters. The second-order valence-electron chi connectivity index (χ2n) is 5.42. The number of rotatable bonds is 6. The molecule has 1 heteroatoms. The number of nitrogens with one attached hydrogen (secondary N) is 1. The van der Waals surface area contributed by atoms with Crippen molar-refractivity contribution < 1.29 is 0 Å². The van der Waals surface area contributed by atoms with Gasteiger partial charge in [0.25, 0.3) is 0 Å². The Balaban J connectivity index is 2.03. The Morgan fingerprint density at radius 1 is 1.35 bits per heavy atom. The van der Waals surface area contributed by atoms with Crippen molar-refractivity contribution >= 4 is 0 Å². The van der Waals surface area contributed by atoms with Crippen molar-refractivity contribution in [1.29, 1.82) is 0 Å². The fourth-order valence-electron chi connectivity index (χ4n) is 2.73. The molecule has 94 valence electrons. The Morgan fingerprint density at radius 2 is 2.18 bits per heavy atom. The second-order valence-corrected chi connectivity index (χ2v) is 5.42. The summed E-state index contributed by atoms with van der Waals surface area (Å²) in [5.41, 5.74) is 2.93. The van der Waals surface area contributed by atoms with Gasteiger partial charge in [-0.2, -0.15) is 0 Å². The molecule has 0 aliphatic heterocycles. The lowest BCUT2D eigenvalue weighted by Crippen LogP contribution is -2.30. The van der Waals surface area contributed by atoms with Gasteiger partial charge in [-0.25, -0.2) is 0 Å². The Kier molecular flexibility index (Phi) is 4.61. The maximum Gasteiger partial charge on any atom is 0.00228 e. The van der Waals surface area contributed by atoms with Crippen molar-refractivity contribution in [3.8, 4) is 0 Å². The summed E-state index contributed by atoms with van der Waals surface area (Å²) in [6.45, 7) is 6.73. The standard InChI is InChI=1S/C16H25N/c1-3-10-17-12-16(14-7-5-8-14)15-9-4-6-13(2)11-15/h4,6,9,11,14,16-17H,3,5,7-8,10,12H2,1-2H3. The molecule has 1 aliphatic rings. The zero-order chi connectivity index (χ0) is 12.1. The summed E-state index contributed by atoms with van der Waals surface area (Å²) in [5.74, 6) is 1.65. The number of hydrogen-bond acceptors (Lipinski definition) is 1. The first-order valence-corrected chi connectivity index (χ1v) is 7.08. The van der Waals surface area contributed by atoms with Gasteiger partial charge < -0.3 is 5.32 Å². The molecule has 2 rings (SSSR count). The first kappa shape index (κ1) is 12.6. The summed E-state index contributed by atoms with van der Waals surface area (Å²) in [6, 6.07) is 9.08. The third kappa shape index (κ3) is 3.32. The number of hydrogen-bond donors (Lipinski definition) is 1. The lowest BCUT2D eigenvalue weighted by atomic mass is 9.73. The normalized spacial score (nSPS) is 17.8. The van der Waals surface area contributed by atoms with Crippen LogP contribution in [0.1, 0.15) is 49.7 Å². The maximum atomic E-state index is 3.60. The van der Waals surface area contributed by atoms with Crippen LogP contribution in [0.4, 0.5) is 0 Å². The molecule has 0 bridgehead atoms. The summed E-state index contributed by atoms with van der Waals surface area (Å²) >= 11 is 0. The molecule has 1 atom stereocenters. The van der Waals surface area contributed by atoms with Crippen LogP contribution in [0.3, 0.4) is 0 Å². The minimum Gasteiger partial charge on any atom is -0.316 e. The van der Waals surface area contributed by atoms with Crippen molar-refractivity contribution in [1.82, 2.24) is 5.32 Å². The molecule has 0 aromatic heterocycles. The number of aryl methyl sites for hydroxylation is 1. The van der Waals surface area contributed by atoms with E-state index in [0.29, 0.717) is 0 Å². The molecule has 0 amide bonds. The molecule has 0 spiro atoms. The van der Waals surface area contributed by atoms with E-state index in [1.54, 1.807) is 5.56 Å². The van der Waals surface area contributed by atoms with Crippen LogP contribution in [-0.4, -0.2) is 13.1 Å². The minimum atomic E-state index is 0.732. The van der Waals surface area contributed by atoms with Gasteiger partial charge in [-0.1, -0.05) is 43.2 Å². The molecule has 1 aromatic rings. The van der Waals surface area contributed by atoms with E-state index in [2.05, 4.69) is 43.4 Å². The van der Waals surface area contributed by atoms with E-state index in [-0.39, 0.29) is 0 Å². The van der Waals surface area contributed by atoms with E-state index in [1.165, 1.54) is 31.2 Å². The van der Waals surface area contributed by atoms with Crippen molar-refractivity contribution in [3.05, 3.63) is 35.4 Å². The highest BCUT2D eigenvalue weighted by molar-refractivity contribution is 5.26. The molecular weight excluding hydrogens is 206 g/mol. The molecule has 1 aromatic carbocycles. The molecule has 1 N–H and O–H groups in total. The van der Waals surface area contributed by atoms with Gasteiger partial charge in [0.05, 0.1) is 0 Å². The number of benzene rings is 1. The van der Waals surface area contributed by atoms with E-state index in [9.17, 15) is 0 Å². The van der Waals surface area contributed by atoms with Crippen LogP contribution in [0.2, 0.25) is 0 Å². The average molecular weight is 231 g/mol. The van der Waals surface area contributed by atoms with E-state index in [1.807, 2.05) is 0 Å². The van der Waals surface area contributed by atoms with E-state index >= 15 is 0 Å². The van der Waals surface area contributed by atoms with Gasteiger partial charge in [-0.3, -0.25) is 0 Å². The minimum absolute atomic E-state index is 0.732. The van der Waals surface area contributed by atoms with Crippen molar-refractivity contribution in [3.63, 3.8) is 0 Å². The predicted molar refractivity (Wildman–Crippen MR) is 74.4 cm³/mol. The van der Waals surface area contributed by atoms with Gasteiger partial charge in [0.15, 0.2) is 0 Å². The summed E-state index contributed by atoms with van der Waals surface area (Å²) in [7, 11) is 0. The largest absolute Gasteiger partial charge is 0.316 e. The molecular formula is C16H25N. The van der Waals surface area contributed by atoms with E-state index in [4.69, 9.17) is 0 Å². The summed E-state index contributed by atoms with van der Waals surface area (Å²) in [4.78, 5) is 0. The lowest BCUT2D eigenvalue weighted by molar-refractivity contribution is 0.255. The van der Waals surface area contributed by atoms with Crippen LogP contribution < -0.4 is 5.32 Å². The first-order chi connectivity index (χ1) is 8.31.